The summed E-state index contributed by atoms with van der Waals surface area (Å²) in [7, 11) is -10.00. The van der Waals surface area contributed by atoms with Crippen LogP contribution in [-0.2, 0) is 25.0 Å². The smallest absolute Gasteiger partial charge is 0.415 e. The van der Waals surface area contributed by atoms with Crippen LogP contribution in [0, 0.1) is 5.72 Å². The Bertz CT molecular complexity index is 1170. The Morgan fingerprint density at radius 3 is 0.808 bits per heavy atom. The van der Waals surface area contributed by atoms with E-state index in [1.165, 1.54) is 0 Å². The zero-order valence-electron chi connectivity index (χ0n) is 24.2. The molecule has 1 aromatic rings. The predicted molar refractivity (Wildman–Crippen MR) is 113 cm³/mol. The van der Waals surface area contributed by atoms with Crippen molar-refractivity contribution in [2.24, 2.45) is 0 Å². The van der Waals surface area contributed by atoms with Crippen molar-refractivity contribution in [3.8, 4) is 0 Å². The van der Waals surface area contributed by atoms with Crippen LogP contribution in [0.3, 0.4) is 0 Å². The predicted octanol–water partition coefficient (Wildman–Crippen LogP) is 5.80. The van der Waals surface area contributed by atoms with Crippen LogP contribution in [0.25, 0.3) is 0 Å². The van der Waals surface area contributed by atoms with Crippen molar-refractivity contribution in [2.45, 2.75) is 84.7 Å². The average Bonchev–Trinajstić information content (AvgIpc) is 3.47. The van der Waals surface area contributed by atoms with Gasteiger partial charge in [0, 0.05) is 0 Å². The van der Waals surface area contributed by atoms with Crippen LogP contribution >= 0.6 is 0 Å². The Hall–Kier alpha value is -0.854. The van der Waals surface area contributed by atoms with E-state index in [1.807, 2.05) is 0 Å². The average molecular weight is 842 g/mol. The monoisotopic (exact) mass is 842 g/mol. The first-order chi connectivity index (χ1) is 22.3. The van der Waals surface area contributed by atoms with Gasteiger partial charge in [-0.3, -0.25) is 0 Å². The fourth-order valence-corrected chi connectivity index (χ4v) is 5.38. The summed E-state index contributed by atoms with van der Waals surface area (Å²) in [6.07, 6.45) is -68.2. The molecular weight excluding hydrogens is 833 g/mol. The Morgan fingerprint density at radius 1 is 0.404 bits per heavy atom. The van der Waals surface area contributed by atoms with E-state index < -0.39 is 110 Å². The zero-order valence-corrected chi connectivity index (χ0v) is 27.3. The van der Waals surface area contributed by atoms with E-state index in [9.17, 15) is 105 Å². The second kappa shape index (κ2) is 13.7. The molecule has 2 aliphatic heterocycles. The Labute approximate surface area is 314 Å². The van der Waals surface area contributed by atoms with E-state index >= 15 is 0 Å². The summed E-state index contributed by atoms with van der Waals surface area (Å²) in [5, 5.41) is 0. The maximum atomic E-state index is 14.0. The third kappa shape index (κ3) is 6.73. The van der Waals surface area contributed by atoms with E-state index in [-0.39, 0.29) is 51.4 Å². The van der Waals surface area contributed by atoms with Gasteiger partial charge in [0.1, 0.15) is 0 Å². The molecule has 2 fully saturated rings. The topological polar surface area (TPSA) is 36.9 Å². The molecule has 31 heteroatoms. The van der Waals surface area contributed by atoms with Crippen LogP contribution in [0.15, 0.2) is 30.3 Å². The zero-order chi connectivity index (χ0) is 40.1. The first-order valence-corrected chi connectivity index (χ1v) is 12.5. The van der Waals surface area contributed by atoms with Crippen LogP contribution in [0.4, 0.5) is 105 Å². The number of hydrogen-bond donors (Lipinski definition) is 0. The standard InChI is InChI=1S/C21H9B2F24O4.K/c24-14(25,26)10(15(27,28)29)11(16(30,31)32,17(33,34)35)49-22(48-10)9(7-6-8-4-2-1-3-5-8)23-50-12(18(36,37)38,19(39,40)41)13(51-23,20(42,43)44)21(45,46)47;/h1-5H,6-7H2;/q-1;+1. The molecule has 0 amide bonds. The van der Waals surface area contributed by atoms with Crippen LogP contribution in [0.2, 0.25) is 0 Å². The quantitative estimate of drug-likeness (QED) is 0.214. The van der Waals surface area contributed by atoms with Crippen LogP contribution in [0.5, 0.6) is 0 Å². The van der Waals surface area contributed by atoms with Crippen molar-refractivity contribution in [1.82, 2.24) is 0 Å². The molecule has 52 heavy (non-hydrogen) atoms. The SMILES string of the molecule is FC(F)(F)C1(C(F)(F)F)OB([C-](CCc2ccccc2)B2OC(C(F)(F)F)(C(F)(F)F)C(C(F)(F)F)(C(F)(F)F)O2)OC1(C(F)(F)F)C(F)(F)F.[K+]. The van der Waals surface area contributed by atoms with Crippen molar-refractivity contribution in [3.63, 3.8) is 0 Å². The molecule has 1 aromatic carbocycles. The number of aryl methyl sites for hydroxylation is 1. The maximum Gasteiger partial charge on any atom is 1.00 e. The normalized spacial score (nSPS) is 21.5. The second-order valence-corrected chi connectivity index (χ2v) is 10.4. The maximum absolute atomic E-state index is 14.0. The molecule has 4 nitrogen and oxygen atoms in total. The van der Waals surface area contributed by atoms with Gasteiger partial charge < -0.3 is 18.6 Å². The fraction of sp³-hybridized carbons (Fsp3) is 0.667. The van der Waals surface area contributed by atoms with Gasteiger partial charge in [-0.15, -0.1) is 0 Å². The molecule has 2 heterocycles. The summed E-state index contributed by atoms with van der Waals surface area (Å²) in [6.45, 7) is 0. The minimum Gasteiger partial charge on any atom is -0.415 e. The summed E-state index contributed by atoms with van der Waals surface area (Å²) < 4.78 is 348. The van der Waals surface area contributed by atoms with E-state index in [0.717, 1.165) is 30.3 Å². The van der Waals surface area contributed by atoms with E-state index in [0.29, 0.717) is 0 Å². The Morgan fingerprint density at radius 2 is 0.615 bits per heavy atom. The van der Waals surface area contributed by atoms with Crippen molar-refractivity contribution >= 4 is 14.2 Å². The molecule has 0 atom stereocenters. The van der Waals surface area contributed by atoms with Gasteiger partial charge in [0.25, 0.3) is 36.6 Å². The van der Waals surface area contributed by atoms with Crippen LogP contribution in [-0.4, -0.2) is 86.1 Å². The molecule has 0 aromatic heterocycles. The minimum absolute atomic E-state index is 0. The third-order valence-electron chi connectivity index (χ3n) is 7.47. The molecule has 3 rings (SSSR count). The Kier molecular flexibility index (Phi) is 12.4. The molecule has 0 unspecified atom stereocenters. The number of benzene rings is 1. The summed E-state index contributed by atoms with van der Waals surface area (Å²) in [5.74, 6) is 0. The summed E-state index contributed by atoms with van der Waals surface area (Å²) in [5.41, 5.74) is -34.8. The van der Waals surface area contributed by atoms with Gasteiger partial charge in [-0.1, -0.05) is 42.3 Å². The van der Waals surface area contributed by atoms with E-state index in [2.05, 4.69) is 18.6 Å². The Balaban J connectivity index is 0.00000936. The summed E-state index contributed by atoms with van der Waals surface area (Å²) in [4.78, 5) is 0. The molecule has 0 aliphatic carbocycles. The van der Waals surface area contributed by atoms with Crippen molar-refractivity contribution in [2.75, 3.05) is 0 Å². The second-order valence-electron chi connectivity index (χ2n) is 10.4. The number of hydrogen-bond acceptors (Lipinski definition) is 4. The summed E-state index contributed by atoms with van der Waals surface area (Å²) >= 11 is 0. The van der Waals surface area contributed by atoms with Gasteiger partial charge in [-0.05, 0) is 0 Å². The van der Waals surface area contributed by atoms with Gasteiger partial charge in [0.2, 0.25) is 0 Å². The van der Waals surface area contributed by atoms with Crippen LogP contribution in [0.1, 0.15) is 12.0 Å². The minimum atomic E-state index is -8.07. The first kappa shape index (κ1) is 47.3. The molecule has 0 spiro atoms. The van der Waals surface area contributed by atoms with Crippen molar-refractivity contribution in [3.05, 3.63) is 41.6 Å². The van der Waals surface area contributed by atoms with Gasteiger partial charge in [0.05, 0.1) is 0 Å². The molecule has 2 saturated heterocycles. The van der Waals surface area contributed by atoms with E-state index in [1.54, 1.807) is 0 Å². The molecule has 0 bridgehead atoms. The van der Waals surface area contributed by atoms with Crippen LogP contribution < -0.4 is 51.4 Å². The molecule has 0 radical (unpaired) electrons. The number of halogens is 24. The molecule has 292 valence electrons. The van der Waals surface area contributed by atoms with Gasteiger partial charge in [0.15, 0.2) is 0 Å². The van der Waals surface area contributed by atoms with E-state index in [4.69, 9.17) is 0 Å². The first-order valence-electron chi connectivity index (χ1n) is 12.5. The van der Waals surface area contributed by atoms with Gasteiger partial charge >= 0.3 is 101 Å². The van der Waals surface area contributed by atoms with Crippen molar-refractivity contribution in [1.29, 1.82) is 0 Å². The van der Waals surface area contributed by atoms with Crippen molar-refractivity contribution < 1.29 is 175 Å². The fourth-order valence-electron chi connectivity index (χ4n) is 5.38. The van der Waals surface area contributed by atoms with Gasteiger partial charge in [-0.25, -0.2) is 5.72 Å². The molecule has 0 saturated carbocycles. The third-order valence-corrected chi connectivity index (χ3v) is 7.47. The number of rotatable bonds is 5. The summed E-state index contributed by atoms with van der Waals surface area (Å²) in [6, 6.07) is 4.52. The molecular formula is C21H9B2F24KO4. The number of alkyl halides is 24. The molecule has 0 N–H and O–H groups in total. The molecule has 2 aliphatic rings. The van der Waals surface area contributed by atoms with Gasteiger partial charge in [-0.2, -0.15) is 112 Å². The largest absolute Gasteiger partial charge is 1.00 e.